The molecule has 0 saturated carbocycles. The Morgan fingerprint density at radius 2 is 1.52 bits per heavy atom. The maximum Gasteiger partial charge on any atom is 0.193 e. The van der Waals surface area contributed by atoms with Gasteiger partial charge in [-0.15, -0.1) is 0 Å². The van der Waals surface area contributed by atoms with E-state index in [-0.39, 0.29) is 5.82 Å². The second-order valence-electron chi connectivity index (χ2n) is 7.03. The largest absolute Gasteiger partial charge is 0.290 e. The molecule has 0 N–H and O–H groups in total. The molecule has 0 amide bonds. The molecule has 0 unspecified atom stereocenters. The smallest absolute Gasteiger partial charge is 0.193 e. The third-order valence-electron chi connectivity index (χ3n) is 5.04. The maximum absolute atomic E-state index is 14.5. The van der Waals surface area contributed by atoms with Gasteiger partial charge in [-0.1, -0.05) is 47.6 Å². The summed E-state index contributed by atoms with van der Waals surface area (Å²) in [4.78, 5) is 0. The van der Waals surface area contributed by atoms with Crippen molar-refractivity contribution in [1.82, 2.24) is 9.45 Å². The fourth-order valence-corrected chi connectivity index (χ4v) is 10.6. The van der Waals surface area contributed by atoms with Crippen LogP contribution in [0.5, 0.6) is 0 Å². The summed E-state index contributed by atoms with van der Waals surface area (Å²) in [6.45, 7) is 15.7. The van der Waals surface area contributed by atoms with Gasteiger partial charge >= 0.3 is 0 Å². The molecule has 0 aliphatic carbocycles. The number of aromatic nitrogens is 2. The SMILES string of the molecule is Cc1ccc(F)c2c1cnn2[Si](C(C)C)(C(C)C)C(C)C. The third-order valence-corrected chi connectivity index (χ3v) is 11.7. The van der Waals surface area contributed by atoms with Crippen LogP contribution in [0.25, 0.3) is 10.9 Å². The Morgan fingerprint density at radius 3 is 2.00 bits per heavy atom. The van der Waals surface area contributed by atoms with Crippen LogP contribution in [0.15, 0.2) is 18.3 Å². The highest BCUT2D eigenvalue weighted by molar-refractivity contribution is 6.82. The second-order valence-corrected chi connectivity index (χ2v) is 12.7. The molecule has 2 nitrogen and oxygen atoms in total. The zero-order chi connectivity index (χ0) is 15.9. The number of rotatable bonds is 4. The molecule has 21 heavy (non-hydrogen) atoms. The number of fused-ring (bicyclic) bond motifs is 1. The van der Waals surface area contributed by atoms with Gasteiger partial charge in [-0.05, 0) is 35.2 Å². The summed E-state index contributed by atoms with van der Waals surface area (Å²) in [5.74, 6) is -0.146. The van der Waals surface area contributed by atoms with Gasteiger partial charge in [0.1, 0.15) is 5.82 Å². The standard InChI is InChI=1S/C17H27FN2Si/c1-11(2)21(12(3)4,13(5)6)20-17-15(10-19-20)14(7)8-9-16(17)18/h8-13H,1-7H3. The van der Waals surface area contributed by atoms with Gasteiger partial charge in [-0.3, -0.25) is 4.35 Å². The second kappa shape index (κ2) is 5.56. The van der Waals surface area contributed by atoms with Gasteiger partial charge in [0.05, 0.1) is 11.7 Å². The number of hydrogen-bond acceptors (Lipinski definition) is 1. The quantitative estimate of drug-likeness (QED) is 0.681. The van der Waals surface area contributed by atoms with Crippen LogP contribution in [0.1, 0.15) is 47.1 Å². The number of benzene rings is 1. The molecular formula is C17H27FN2Si. The highest BCUT2D eigenvalue weighted by atomic mass is 28.3. The van der Waals surface area contributed by atoms with Crippen molar-refractivity contribution >= 4 is 19.1 Å². The van der Waals surface area contributed by atoms with Gasteiger partial charge in [0.15, 0.2) is 8.24 Å². The number of aryl methyl sites for hydroxylation is 1. The van der Waals surface area contributed by atoms with E-state index in [4.69, 9.17) is 5.10 Å². The molecule has 0 spiro atoms. The van der Waals surface area contributed by atoms with Crippen molar-refractivity contribution in [3.8, 4) is 0 Å². The molecule has 116 valence electrons. The summed E-state index contributed by atoms with van der Waals surface area (Å²) in [6, 6.07) is 3.42. The number of hydrogen-bond donors (Lipinski definition) is 0. The first kappa shape index (κ1) is 16.2. The normalized spacial score (nSPS) is 13.1. The Kier molecular flexibility index (Phi) is 4.29. The molecule has 0 saturated heterocycles. The van der Waals surface area contributed by atoms with Crippen LogP contribution in [0, 0.1) is 12.7 Å². The minimum Gasteiger partial charge on any atom is -0.290 e. The summed E-state index contributed by atoms with van der Waals surface area (Å²) in [7, 11) is -2.00. The maximum atomic E-state index is 14.5. The van der Waals surface area contributed by atoms with Gasteiger partial charge in [-0.25, -0.2) is 4.39 Å². The lowest BCUT2D eigenvalue weighted by Gasteiger charge is -2.43. The van der Waals surface area contributed by atoms with E-state index in [0.29, 0.717) is 22.1 Å². The molecule has 4 heteroatoms. The summed E-state index contributed by atoms with van der Waals surface area (Å²) >= 11 is 0. The zero-order valence-electron chi connectivity index (χ0n) is 14.2. The van der Waals surface area contributed by atoms with E-state index in [2.05, 4.69) is 45.9 Å². The molecule has 1 heterocycles. The number of halogens is 1. The fourth-order valence-electron chi connectivity index (χ4n) is 4.26. The first-order chi connectivity index (χ1) is 9.74. The third kappa shape index (κ3) is 2.24. The summed E-state index contributed by atoms with van der Waals surface area (Å²) in [5.41, 5.74) is 3.30. The monoisotopic (exact) mass is 306 g/mol. The van der Waals surface area contributed by atoms with Crippen LogP contribution in [0.2, 0.25) is 16.6 Å². The van der Waals surface area contributed by atoms with Crippen LogP contribution in [0.3, 0.4) is 0 Å². The van der Waals surface area contributed by atoms with Crippen molar-refractivity contribution in [2.24, 2.45) is 0 Å². The molecule has 2 aromatic rings. The predicted molar refractivity (Wildman–Crippen MR) is 90.9 cm³/mol. The Morgan fingerprint density at radius 1 is 1.00 bits per heavy atom. The fraction of sp³-hybridized carbons (Fsp3) is 0.588. The van der Waals surface area contributed by atoms with Crippen molar-refractivity contribution in [2.75, 3.05) is 0 Å². The van der Waals surface area contributed by atoms with E-state index in [1.807, 2.05) is 19.2 Å². The van der Waals surface area contributed by atoms with Crippen molar-refractivity contribution in [3.05, 3.63) is 29.7 Å². The zero-order valence-corrected chi connectivity index (χ0v) is 15.2. The van der Waals surface area contributed by atoms with Gasteiger partial charge in [0.2, 0.25) is 0 Å². The summed E-state index contributed by atoms with van der Waals surface area (Å²) < 4.78 is 16.6. The average Bonchev–Trinajstić information content (AvgIpc) is 2.79. The lowest BCUT2D eigenvalue weighted by Crippen LogP contribution is -2.52. The Balaban J connectivity index is 2.87. The van der Waals surface area contributed by atoms with Crippen molar-refractivity contribution in [3.63, 3.8) is 0 Å². The van der Waals surface area contributed by atoms with Gasteiger partial charge in [-0.2, -0.15) is 5.10 Å². The van der Waals surface area contributed by atoms with E-state index >= 15 is 0 Å². The lowest BCUT2D eigenvalue weighted by molar-refractivity contribution is 0.629. The minimum absolute atomic E-state index is 0.146. The minimum atomic E-state index is -2.00. The van der Waals surface area contributed by atoms with Crippen LogP contribution < -0.4 is 0 Å². The van der Waals surface area contributed by atoms with Crippen LogP contribution in [-0.4, -0.2) is 17.7 Å². The molecule has 0 aliphatic heterocycles. The summed E-state index contributed by atoms with van der Waals surface area (Å²) in [6.07, 6.45) is 1.85. The van der Waals surface area contributed by atoms with E-state index in [9.17, 15) is 4.39 Å². The Bertz CT molecular complexity index is 622. The molecule has 2 rings (SSSR count). The van der Waals surface area contributed by atoms with Crippen LogP contribution in [0.4, 0.5) is 4.39 Å². The summed E-state index contributed by atoms with van der Waals surface area (Å²) in [5, 5.41) is 5.64. The van der Waals surface area contributed by atoms with Crippen LogP contribution >= 0.6 is 0 Å². The van der Waals surface area contributed by atoms with Crippen molar-refractivity contribution < 1.29 is 4.39 Å². The Hall–Kier alpha value is -1.16. The first-order valence-corrected chi connectivity index (χ1v) is 10.1. The molecule has 0 fully saturated rings. The van der Waals surface area contributed by atoms with Gasteiger partial charge in [0, 0.05) is 5.39 Å². The molecule has 1 aromatic carbocycles. The molecular weight excluding hydrogens is 279 g/mol. The first-order valence-electron chi connectivity index (χ1n) is 7.87. The molecule has 1 aromatic heterocycles. The van der Waals surface area contributed by atoms with Crippen molar-refractivity contribution in [2.45, 2.75) is 65.1 Å². The van der Waals surface area contributed by atoms with E-state index in [0.717, 1.165) is 10.9 Å². The van der Waals surface area contributed by atoms with E-state index < -0.39 is 8.24 Å². The van der Waals surface area contributed by atoms with Crippen LogP contribution in [-0.2, 0) is 0 Å². The molecule has 0 radical (unpaired) electrons. The Labute approximate surface area is 128 Å². The van der Waals surface area contributed by atoms with E-state index in [1.165, 1.54) is 0 Å². The van der Waals surface area contributed by atoms with Crippen molar-refractivity contribution in [1.29, 1.82) is 0 Å². The van der Waals surface area contributed by atoms with Gasteiger partial charge < -0.3 is 0 Å². The highest BCUT2D eigenvalue weighted by Gasteiger charge is 2.47. The predicted octanol–water partition coefficient (Wildman–Crippen LogP) is 5.51. The molecule has 0 atom stereocenters. The lowest BCUT2D eigenvalue weighted by atomic mass is 10.1. The molecule has 0 bridgehead atoms. The average molecular weight is 307 g/mol. The number of nitrogens with zero attached hydrogens (tertiary/aromatic N) is 2. The van der Waals surface area contributed by atoms with E-state index in [1.54, 1.807) is 6.07 Å². The topological polar surface area (TPSA) is 17.8 Å². The van der Waals surface area contributed by atoms with Gasteiger partial charge in [0.25, 0.3) is 0 Å². The molecule has 0 aliphatic rings. The highest BCUT2D eigenvalue weighted by Crippen LogP contribution is 2.43.